The summed E-state index contributed by atoms with van der Waals surface area (Å²) in [5, 5.41) is 9.28. The van der Waals surface area contributed by atoms with Crippen molar-refractivity contribution in [3.63, 3.8) is 0 Å². The third-order valence-corrected chi connectivity index (χ3v) is 3.84. The molecule has 2 rings (SSSR count). The molecular formula is C15H22N2O4. The Morgan fingerprint density at radius 3 is 2.90 bits per heavy atom. The van der Waals surface area contributed by atoms with E-state index in [1.54, 1.807) is 13.0 Å². The minimum absolute atomic E-state index is 0.339. The predicted octanol–water partition coefficient (Wildman–Crippen LogP) is 1.94. The summed E-state index contributed by atoms with van der Waals surface area (Å²) in [7, 11) is 0. The fourth-order valence-corrected chi connectivity index (χ4v) is 2.81. The van der Waals surface area contributed by atoms with Gasteiger partial charge in [0.05, 0.1) is 12.2 Å². The highest BCUT2D eigenvalue weighted by atomic mass is 16.5. The summed E-state index contributed by atoms with van der Waals surface area (Å²) in [6.07, 6.45) is 2.64. The van der Waals surface area contributed by atoms with Gasteiger partial charge >= 0.3 is 11.9 Å². The molecule has 1 unspecified atom stereocenters. The van der Waals surface area contributed by atoms with Crippen molar-refractivity contribution in [3.05, 3.63) is 23.0 Å². The molecule has 1 saturated heterocycles. The van der Waals surface area contributed by atoms with Crippen molar-refractivity contribution in [1.82, 2.24) is 9.88 Å². The van der Waals surface area contributed by atoms with Crippen LogP contribution >= 0.6 is 0 Å². The van der Waals surface area contributed by atoms with E-state index in [-0.39, 0.29) is 5.97 Å². The molecule has 0 spiro atoms. The number of carboxylic acid groups (broad SMARTS) is 1. The van der Waals surface area contributed by atoms with Crippen molar-refractivity contribution < 1.29 is 19.4 Å². The second-order valence-electron chi connectivity index (χ2n) is 5.37. The average molecular weight is 294 g/mol. The Kier molecular flexibility index (Phi) is 5.01. The van der Waals surface area contributed by atoms with E-state index in [1.807, 2.05) is 11.8 Å². The summed E-state index contributed by atoms with van der Waals surface area (Å²) in [6, 6.07) is 1.33. The van der Waals surface area contributed by atoms with Crippen LogP contribution in [0.4, 0.5) is 0 Å². The summed E-state index contributed by atoms with van der Waals surface area (Å²) in [5.41, 5.74) is 2.13. The van der Waals surface area contributed by atoms with Crippen molar-refractivity contribution in [2.75, 3.05) is 13.2 Å². The van der Waals surface area contributed by atoms with Crippen LogP contribution in [0.2, 0.25) is 0 Å². The Labute approximate surface area is 124 Å². The number of nitrogens with one attached hydrogen (secondary N) is 1. The van der Waals surface area contributed by atoms with Gasteiger partial charge < -0.3 is 14.8 Å². The first-order valence-electron chi connectivity index (χ1n) is 7.35. The van der Waals surface area contributed by atoms with Gasteiger partial charge in [0.1, 0.15) is 6.04 Å². The van der Waals surface area contributed by atoms with Crippen molar-refractivity contribution in [2.24, 2.45) is 0 Å². The Bertz CT molecular complexity index is 524. The molecule has 2 N–H and O–H groups in total. The first kappa shape index (κ1) is 15.6. The third kappa shape index (κ3) is 3.64. The molecule has 6 heteroatoms. The second kappa shape index (κ2) is 6.76. The maximum Gasteiger partial charge on any atom is 0.339 e. The number of likely N-dealkylation sites (tertiary alicyclic amines) is 1. The van der Waals surface area contributed by atoms with Crippen LogP contribution < -0.4 is 0 Å². The molecule has 116 valence electrons. The molecule has 1 atom stereocenters. The van der Waals surface area contributed by atoms with E-state index in [2.05, 4.69) is 4.98 Å². The maximum absolute atomic E-state index is 11.8. The molecule has 1 aromatic heterocycles. The number of carbonyl (C=O) groups excluding carboxylic acids is 1. The molecule has 1 aliphatic rings. The van der Waals surface area contributed by atoms with Crippen molar-refractivity contribution >= 4 is 11.9 Å². The molecule has 0 radical (unpaired) electrons. The zero-order valence-electron chi connectivity index (χ0n) is 12.5. The van der Waals surface area contributed by atoms with Gasteiger partial charge in [0.15, 0.2) is 0 Å². The third-order valence-electron chi connectivity index (χ3n) is 3.84. The minimum Gasteiger partial charge on any atom is -0.480 e. The van der Waals surface area contributed by atoms with Gasteiger partial charge in [-0.15, -0.1) is 0 Å². The van der Waals surface area contributed by atoms with Gasteiger partial charge in [0.2, 0.25) is 0 Å². The molecule has 0 amide bonds. The van der Waals surface area contributed by atoms with Gasteiger partial charge in [-0.3, -0.25) is 9.69 Å². The SMILES string of the molecule is CCOC(=O)c1cc(CN2CCCCC2C(=O)O)[nH]c1C. The number of H-pyrrole nitrogens is 1. The first-order chi connectivity index (χ1) is 10.0. The Hall–Kier alpha value is -1.82. The zero-order valence-corrected chi connectivity index (χ0v) is 12.5. The fourth-order valence-electron chi connectivity index (χ4n) is 2.81. The van der Waals surface area contributed by atoms with Crippen LogP contribution in [0, 0.1) is 6.92 Å². The number of hydrogen-bond donors (Lipinski definition) is 2. The van der Waals surface area contributed by atoms with Crippen molar-refractivity contribution in [3.8, 4) is 0 Å². The van der Waals surface area contributed by atoms with Crippen LogP contribution in [0.5, 0.6) is 0 Å². The molecule has 2 heterocycles. The molecule has 0 aromatic carbocycles. The summed E-state index contributed by atoms with van der Waals surface area (Å²) in [5.74, 6) is -1.12. The molecule has 6 nitrogen and oxygen atoms in total. The smallest absolute Gasteiger partial charge is 0.339 e. The number of nitrogens with zero attached hydrogens (tertiary/aromatic N) is 1. The maximum atomic E-state index is 11.8. The zero-order chi connectivity index (χ0) is 15.4. The van der Waals surface area contributed by atoms with Crippen molar-refractivity contribution in [1.29, 1.82) is 0 Å². The van der Waals surface area contributed by atoms with E-state index in [0.717, 1.165) is 30.8 Å². The van der Waals surface area contributed by atoms with E-state index in [0.29, 0.717) is 25.1 Å². The molecule has 21 heavy (non-hydrogen) atoms. The highest BCUT2D eigenvalue weighted by Crippen LogP contribution is 2.21. The normalized spacial score (nSPS) is 19.4. The van der Waals surface area contributed by atoms with Crippen LogP contribution in [0.15, 0.2) is 6.07 Å². The molecular weight excluding hydrogens is 272 g/mol. The summed E-state index contributed by atoms with van der Waals surface area (Å²) >= 11 is 0. The van der Waals surface area contributed by atoms with Gasteiger partial charge in [-0.25, -0.2) is 4.79 Å². The number of esters is 1. The van der Waals surface area contributed by atoms with E-state index in [1.165, 1.54) is 0 Å². The first-order valence-corrected chi connectivity index (χ1v) is 7.35. The van der Waals surface area contributed by atoms with Crippen LogP contribution in [0.1, 0.15) is 47.9 Å². The van der Waals surface area contributed by atoms with Gasteiger partial charge in [0.25, 0.3) is 0 Å². The average Bonchev–Trinajstić information content (AvgIpc) is 2.80. The number of ether oxygens (including phenoxy) is 1. The standard InChI is InChI=1S/C15H22N2O4/c1-3-21-15(20)12-8-11(16-10(12)2)9-17-7-5-4-6-13(17)14(18)19/h8,13,16H,3-7,9H2,1-2H3,(H,18,19). The number of rotatable bonds is 5. The van der Waals surface area contributed by atoms with E-state index >= 15 is 0 Å². The number of piperidine rings is 1. The van der Waals surface area contributed by atoms with Gasteiger partial charge in [-0.2, -0.15) is 0 Å². The van der Waals surface area contributed by atoms with Gasteiger partial charge in [-0.05, 0) is 39.3 Å². The number of aromatic nitrogens is 1. The number of hydrogen-bond acceptors (Lipinski definition) is 4. The lowest BCUT2D eigenvalue weighted by molar-refractivity contribution is -0.144. The number of aromatic amines is 1. The Balaban J connectivity index is 2.10. The molecule has 1 aliphatic heterocycles. The second-order valence-corrected chi connectivity index (χ2v) is 5.37. The van der Waals surface area contributed by atoms with E-state index < -0.39 is 12.0 Å². The highest BCUT2D eigenvalue weighted by molar-refractivity contribution is 5.91. The lowest BCUT2D eigenvalue weighted by Crippen LogP contribution is -2.44. The van der Waals surface area contributed by atoms with E-state index in [4.69, 9.17) is 4.74 Å². The monoisotopic (exact) mass is 294 g/mol. The predicted molar refractivity (Wildman–Crippen MR) is 77.2 cm³/mol. The fraction of sp³-hybridized carbons (Fsp3) is 0.600. The van der Waals surface area contributed by atoms with Gasteiger partial charge in [-0.1, -0.05) is 6.42 Å². The lowest BCUT2D eigenvalue weighted by atomic mass is 10.0. The number of aliphatic carboxylic acids is 1. The van der Waals surface area contributed by atoms with Crippen LogP contribution in [-0.2, 0) is 16.1 Å². The largest absolute Gasteiger partial charge is 0.480 e. The molecule has 0 bridgehead atoms. The summed E-state index contributed by atoms with van der Waals surface area (Å²) in [4.78, 5) is 28.2. The molecule has 0 aliphatic carbocycles. The number of aryl methyl sites for hydroxylation is 1. The van der Waals surface area contributed by atoms with Crippen LogP contribution in [-0.4, -0.2) is 46.1 Å². The Morgan fingerprint density at radius 2 is 2.24 bits per heavy atom. The Morgan fingerprint density at radius 1 is 1.48 bits per heavy atom. The molecule has 0 saturated carbocycles. The molecule has 1 aromatic rings. The quantitative estimate of drug-likeness (QED) is 0.811. The highest BCUT2D eigenvalue weighted by Gasteiger charge is 2.28. The lowest BCUT2D eigenvalue weighted by Gasteiger charge is -2.32. The number of carboxylic acids is 1. The topological polar surface area (TPSA) is 82.6 Å². The molecule has 1 fully saturated rings. The van der Waals surface area contributed by atoms with Crippen LogP contribution in [0.3, 0.4) is 0 Å². The summed E-state index contributed by atoms with van der Waals surface area (Å²) in [6.45, 7) is 5.21. The van der Waals surface area contributed by atoms with Gasteiger partial charge in [0, 0.05) is 17.9 Å². The van der Waals surface area contributed by atoms with E-state index in [9.17, 15) is 14.7 Å². The van der Waals surface area contributed by atoms with Crippen LogP contribution in [0.25, 0.3) is 0 Å². The summed E-state index contributed by atoms with van der Waals surface area (Å²) < 4.78 is 5.00. The number of carbonyl (C=O) groups is 2. The van der Waals surface area contributed by atoms with Crippen molar-refractivity contribution in [2.45, 2.75) is 45.7 Å². The minimum atomic E-state index is -0.774.